The van der Waals surface area contributed by atoms with Crippen molar-refractivity contribution < 1.29 is 9.59 Å². The van der Waals surface area contributed by atoms with Gasteiger partial charge in [0.15, 0.2) is 0 Å². The van der Waals surface area contributed by atoms with Crippen molar-refractivity contribution in [3.05, 3.63) is 49.7 Å². The Morgan fingerprint density at radius 1 is 1.19 bits per heavy atom. The Kier molecular flexibility index (Phi) is 6.64. The van der Waals surface area contributed by atoms with Crippen LogP contribution in [0.3, 0.4) is 0 Å². The maximum absolute atomic E-state index is 12.2. The molecule has 0 saturated carbocycles. The topological polar surface area (TPSA) is 98.0 Å². The normalized spacial score (nSPS) is 13.1. The highest BCUT2D eigenvalue weighted by Crippen LogP contribution is 2.11. The molecule has 2 amide bonds. The third-order valence-electron chi connectivity index (χ3n) is 4.43. The van der Waals surface area contributed by atoms with Crippen LogP contribution in [0.1, 0.15) is 35.4 Å². The molecule has 1 aromatic heterocycles. The van der Waals surface area contributed by atoms with Gasteiger partial charge in [0.2, 0.25) is 5.91 Å². The van der Waals surface area contributed by atoms with Gasteiger partial charge in [-0.3, -0.25) is 14.2 Å². The van der Waals surface area contributed by atoms with Crippen LogP contribution in [0.15, 0.2) is 29.1 Å². The summed E-state index contributed by atoms with van der Waals surface area (Å²) in [6.07, 6.45) is 3.54. The van der Waals surface area contributed by atoms with E-state index in [-0.39, 0.29) is 24.0 Å². The van der Waals surface area contributed by atoms with Gasteiger partial charge in [0.25, 0.3) is 5.91 Å². The van der Waals surface area contributed by atoms with Crippen LogP contribution in [0.2, 0.25) is 0 Å². The van der Waals surface area contributed by atoms with Gasteiger partial charge >= 0.3 is 5.69 Å². The highest BCUT2D eigenvalue weighted by atomic mass is 127. The number of halogens is 1. The van der Waals surface area contributed by atoms with Crippen LogP contribution in [-0.2, 0) is 24.3 Å². The van der Waals surface area contributed by atoms with E-state index >= 15 is 0 Å². The highest BCUT2D eigenvalue weighted by Gasteiger charge is 2.16. The molecule has 1 aromatic carbocycles. The molecular formula is C18H22IN5O3. The van der Waals surface area contributed by atoms with Crippen molar-refractivity contribution >= 4 is 34.4 Å². The molecule has 0 saturated heterocycles. The van der Waals surface area contributed by atoms with E-state index < -0.39 is 0 Å². The quantitative estimate of drug-likeness (QED) is 0.452. The zero-order chi connectivity index (χ0) is 19.2. The number of amides is 2. The van der Waals surface area contributed by atoms with Crippen molar-refractivity contribution in [3.63, 3.8) is 0 Å². The second kappa shape index (κ2) is 9.16. The molecular weight excluding hydrogens is 461 g/mol. The Morgan fingerprint density at radius 2 is 2.00 bits per heavy atom. The first kappa shape index (κ1) is 19.6. The summed E-state index contributed by atoms with van der Waals surface area (Å²) in [5.41, 5.74) is 0.481. The summed E-state index contributed by atoms with van der Waals surface area (Å²) in [6.45, 7) is 1.55. The molecule has 1 aliphatic rings. The molecule has 8 nitrogen and oxygen atoms in total. The van der Waals surface area contributed by atoms with E-state index in [0.717, 1.165) is 35.2 Å². The van der Waals surface area contributed by atoms with Gasteiger partial charge in [0.05, 0.1) is 12.1 Å². The Bertz CT molecular complexity index is 889. The molecule has 2 heterocycles. The number of hydrogen-bond acceptors (Lipinski definition) is 4. The van der Waals surface area contributed by atoms with Gasteiger partial charge < -0.3 is 10.6 Å². The summed E-state index contributed by atoms with van der Waals surface area (Å²) in [7, 11) is 0. The number of nitrogens with one attached hydrogen (secondary N) is 2. The van der Waals surface area contributed by atoms with Crippen LogP contribution in [0.5, 0.6) is 0 Å². The first-order valence-corrected chi connectivity index (χ1v) is 10.1. The van der Waals surface area contributed by atoms with Gasteiger partial charge in [0, 0.05) is 29.6 Å². The van der Waals surface area contributed by atoms with E-state index in [4.69, 9.17) is 0 Å². The minimum Gasteiger partial charge on any atom is -0.355 e. The zero-order valence-electron chi connectivity index (χ0n) is 14.9. The van der Waals surface area contributed by atoms with E-state index in [1.807, 2.05) is 12.1 Å². The molecule has 0 unspecified atom stereocenters. The van der Waals surface area contributed by atoms with E-state index in [0.29, 0.717) is 25.1 Å². The van der Waals surface area contributed by atoms with E-state index in [1.54, 1.807) is 16.7 Å². The molecule has 0 aliphatic carbocycles. The maximum atomic E-state index is 12.2. The van der Waals surface area contributed by atoms with E-state index in [2.05, 4.69) is 38.3 Å². The second-order valence-electron chi connectivity index (χ2n) is 6.40. The van der Waals surface area contributed by atoms with Gasteiger partial charge in [0.1, 0.15) is 5.82 Å². The lowest BCUT2D eigenvalue weighted by atomic mass is 10.2. The minimum absolute atomic E-state index is 0.0687. The molecule has 144 valence electrons. The van der Waals surface area contributed by atoms with Gasteiger partial charge in [-0.1, -0.05) is 12.1 Å². The standard InChI is InChI=1S/C18H22IN5O3/c19-14-7-2-1-6-13(14)17(26)21-12-16(25)20-9-5-11-24-18(27)23-10-4-3-8-15(23)22-24/h1-2,6-7H,3-5,8-12H2,(H,20,25)(H,21,26). The highest BCUT2D eigenvalue weighted by molar-refractivity contribution is 14.1. The third-order valence-corrected chi connectivity index (χ3v) is 5.37. The number of rotatable bonds is 7. The minimum atomic E-state index is -0.273. The van der Waals surface area contributed by atoms with Crippen LogP contribution in [0.25, 0.3) is 0 Å². The maximum Gasteiger partial charge on any atom is 0.345 e. The summed E-state index contributed by atoms with van der Waals surface area (Å²) >= 11 is 2.08. The molecule has 0 bridgehead atoms. The molecule has 9 heteroatoms. The predicted molar refractivity (Wildman–Crippen MR) is 109 cm³/mol. The third kappa shape index (κ3) is 4.96. The molecule has 0 spiro atoms. The summed E-state index contributed by atoms with van der Waals surface area (Å²) in [5.74, 6) is 0.324. The van der Waals surface area contributed by atoms with Gasteiger partial charge in [-0.15, -0.1) is 0 Å². The van der Waals surface area contributed by atoms with Crippen LogP contribution >= 0.6 is 22.6 Å². The molecule has 0 atom stereocenters. The fourth-order valence-electron chi connectivity index (χ4n) is 3.01. The lowest BCUT2D eigenvalue weighted by Crippen LogP contribution is -2.38. The Hall–Kier alpha value is -2.17. The fourth-order valence-corrected chi connectivity index (χ4v) is 3.65. The number of benzene rings is 1. The monoisotopic (exact) mass is 483 g/mol. The summed E-state index contributed by atoms with van der Waals surface area (Å²) in [6, 6.07) is 7.20. The number of carbonyl (C=O) groups is 2. The average Bonchev–Trinajstić information content (AvgIpc) is 3.00. The Balaban J connectivity index is 1.39. The van der Waals surface area contributed by atoms with Crippen molar-refractivity contribution in [1.82, 2.24) is 25.0 Å². The van der Waals surface area contributed by atoms with Crippen molar-refractivity contribution in [2.24, 2.45) is 0 Å². The number of carbonyl (C=O) groups excluding carboxylic acids is 2. The summed E-state index contributed by atoms with van der Waals surface area (Å²) in [5, 5.41) is 9.73. The number of nitrogens with zero attached hydrogens (tertiary/aromatic N) is 3. The molecule has 1 aliphatic heterocycles. The van der Waals surface area contributed by atoms with E-state index in [1.165, 1.54) is 4.68 Å². The molecule has 0 radical (unpaired) electrons. The summed E-state index contributed by atoms with van der Waals surface area (Å²) in [4.78, 5) is 36.2. The zero-order valence-corrected chi connectivity index (χ0v) is 17.1. The lowest BCUT2D eigenvalue weighted by molar-refractivity contribution is -0.120. The van der Waals surface area contributed by atoms with Crippen molar-refractivity contribution in [1.29, 1.82) is 0 Å². The Morgan fingerprint density at radius 3 is 2.78 bits per heavy atom. The number of aromatic nitrogens is 3. The number of hydrogen-bond donors (Lipinski definition) is 2. The fraction of sp³-hybridized carbons (Fsp3) is 0.444. The van der Waals surface area contributed by atoms with E-state index in [9.17, 15) is 14.4 Å². The molecule has 27 heavy (non-hydrogen) atoms. The van der Waals surface area contributed by atoms with Crippen LogP contribution in [0, 0.1) is 3.57 Å². The first-order valence-electron chi connectivity index (χ1n) is 9.02. The number of fused-ring (bicyclic) bond motifs is 1. The average molecular weight is 483 g/mol. The van der Waals surface area contributed by atoms with Crippen molar-refractivity contribution in [2.45, 2.75) is 38.8 Å². The SMILES string of the molecule is O=C(CNC(=O)c1ccccc1I)NCCCn1nc2n(c1=O)CCCC2. The number of aryl methyl sites for hydroxylation is 2. The molecule has 3 rings (SSSR count). The van der Waals surface area contributed by atoms with Crippen molar-refractivity contribution in [2.75, 3.05) is 13.1 Å². The van der Waals surface area contributed by atoms with Crippen LogP contribution < -0.4 is 16.3 Å². The first-order chi connectivity index (χ1) is 13.1. The van der Waals surface area contributed by atoms with Gasteiger partial charge in [-0.05, 0) is 54.0 Å². The molecule has 0 fully saturated rings. The smallest absolute Gasteiger partial charge is 0.345 e. The Labute approximate surface area is 170 Å². The van der Waals surface area contributed by atoms with Gasteiger partial charge in [-0.25, -0.2) is 9.48 Å². The summed E-state index contributed by atoms with van der Waals surface area (Å²) < 4.78 is 4.05. The molecule has 2 N–H and O–H groups in total. The largest absolute Gasteiger partial charge is 0.355 e. The van der Waals surface area contributed by atoms with Crippen molar-refractivity contribution in [3.8, 4) is 0 Å². The lowest BCUT2D eigenvalue weighted by Gasteiger charge is -2.09. The predicted octanol–water partition coefficient (Wildman–Crippen LogP) is 0.922. The second-order valence-corrected chi connectivity index (χ2v) is 7.56. The van der Waals surface area contributed by atoms with Crippen LogP contribution in [-0.4, -0.2) is 39.3 Å². The van der Waals surface area contributed by atoms with Gasteiger partial charge in [-0.2, -0.15) is 5.10 Å². The van der Waals surface area contributed by atoms with Crippen LogP contribution in [0.4, 0.5) is 0 Å². The molecule has 2 aromatic rings.